The second-order valence-electron chi connectivity index (χ2n) is 11.5. The van der Waals surface area contributed by atoms with Crippen LogP contribution in [-0.4, -0.2) is 40.0 Å². The molecule has 39 heavy (non-hydrogen) atoms. The van der Waals surface area contributed by atoms with E-state index in [-0.39, 0.29) is 18.0 Å². The summed E-state index contributed by atoms with van der Waals surface area (Å²) in [4.78, 5) is 23.7. The Labute approximate surface area is 241 Å². The number of carboxylic acids is 1. The molecule has 0 aliphatic heterocycles. The summed E-state index contributed by atoms with van der Waals surface area (Å²) in [5.41, 5.74) is 3.59. The van der Waals surface area contributed by atoms with Gasteiger partial charge in [0.25, 0.3) is 0 Å². The minimum absolute atomic E-state index is 0.110. The SMILES string of the molecule is CC(=O)NC(CS)COc1ccc2c(c1)c(CC1CCC1)c(C)n2C(CC(C)(C)C(=O)O)c1ccc(Cl)cc1. The minimum Gasteiger partial charge on any atom is -0.491 e. The maximum Gasteiger partial charge on any atom is 0.309 e. The molecule has 4 rings (SSSR count). The molecule has 2 unspecified atom stereocenters. The Morgan fingerprint density at radius 3 is 2.46 bits per heavy atom. The number of amides is 1. The van der Waals surface area contributed by atoms with Gasteiger partial charge in [0.15, 0.2) is 0 Å². The van der Waals surface area contributed by atoms with Crippen LogP contribution < -0.4 is 10.1 Å². The van der Waals surface area contributed by atoms with Crippen molar-refractivity contribution in [1.82, 2.24) is 9.88 Å². The van der Waals surface area contributed by atoms with Crippen LogP contribution in [0.15, 0.2) is 42.5 Å². The van der Waals surface area contributed by atoms with Crippen LogP contribution in [0.25, 0.3) is 10.9 Å². The molecule has 2 aromatic carbocycles. The third kappa shape index (κ3) is 6.75. The predicted molar refractivity (Wildman–Crippen MR) is 160 cm³/mol. The Morgan fingerprint density at radius 2 is 1.90 bits per heavy atom. The number of nitrogens with zero attached hydrogens (tertiary/aromatic N) is 1. The zero-order valence-electron chi connectivity index (χ0n) is 23.2. The molecule has 0 radical (unpaired) electrons. The zero-order valence-corrected chi connectivity index (χ0v) is 24.8. The quantitative estimate of drug-likeness (QED) is 0.208. The molecule has 1 aliphatic carbocycles. The number of halogens is 1. The van der Waals surface area contributed by atoms with Crippen molar-refractivity contribution in [3.05, 3.63) is 64.3 Å². The van der Waals surface area contributed by atoms with Crippen LogP contribution in [-0.2, 0) is 16.0 Å². The summed E-state index contributed by atoms with van der Waals surface area (Å²) in [6, 6.07) is 13.5. The maximum absolute atomic E-state index is 12.2. The molecule has 1 saturated carbocycles. The highest BCUT2D eigenvalue weighted by Crippen LogP contribution is 2.42. The number of nitrogens with one attached hydrogen (secondary N) is 1. The van der Waals surface area contributed by atoms with Gasteiger partial charge in [-0.25, -0.2) is 0 Å². The fourth-order valence-electron chi connectivity index (χ4n) is 5.46. The second kappa shape index (κ2) is 12.3. The third-order valence-corrected chi connectivity index (χ3v) is 8.69. The summed E-state index contributed by atoms with van der Waals surface area (Å²) in [6.45, 7) is 7.54. The van der Waals surface area contributed by atoms with Gasteiger partial charge in [-0.2, -0.15) is 12.6 Å². The highest BCUT2D eigenvalue weighted by molar-refractivity contribution is 7.80. The number of rotatable bonds is 12. The number of ether oxygens (including phenoxy) is 1. The third-order valence-electron chi connectivity index (χ3n) is 8.00. The summed E-state index contributed by atoms with van der Waals surface area (Å²) < 4.78 is 8.44. The molecule has 210 valence electrons. The molecule has 1 amide bonds. The van der Waals surface area contributed by atoms with Gasteiger partial charge in [-0.05, 0) is 81.0 Å². The van der Waals surface area contributed by atoms with Crippen LogP contribution >= 0.6 is 24.2 Å². The lowest BCUT2D eigenvalue weighted by atomic mass is 9.80. The van der Waals surface area contributed by atoms with Crippen LogP contribution in [0.1, 0.15) is 69.3 Å². The fourth-order valence-corrected chi connectivity index (χ4v) is 5.78. The number of aromatic nitrogens is 1. The monoisotopic (exact) mass is 570 g/mol. The molecule has 2 atom stereocenters. The van der Waals surface area contributed by atoms with Gasteiger partial charge in [0, 0.05) is 34.3 Å². The average molecular weight is 571 g/mol. The Balaban J connectivity index is 1.80. The van der Waals surface area contributed by atoms with Gasteiger partial charge in [-0.3, -0.25) is 9.59 Å². The number of hydrogen-bond acceptors (Lipinski definition) is 4. The molecule has 2 N–H and O–H groups in total. The highest BCUT2D eigenvalue weighted by Gasteiger charge is 2.34. The van der Waals surface area contributed by atoms with Crippen molar-refractivity contribution < 1.29 is 19.4 Å². The predicted octanol–water partition coefficient (Wildman–Crippen LogP) is 6.85. The molecule has 1 heterocycles. The number of carboxylic acid groups (broad SMARTS) is 1. The maximum atomic E-state index is 12.2. The molecular formula is C31H39ClN2O4S. The van der Waals surface area contributed by atoms with Gasteiger partial charge >= 0.3 is 5.97 Å². The van der Waals surface area contributed by atoms with Crippen LogP contribution in [0.2, 0.25) is 5.02 Å². The van der Waals surface area contributed by atoms with Gasteiger partial charge in [0.1, 0.15) is 12.4 Å². The summed E-state index contributed by atoms with van der Waals surface area (Å²) in [6.07, 6.45) is 5.14. The van der Waals surface area contributed by atoms with Crippen molar-refractivity contribution in [2.24, 2.45) is 11.3 Å². The van der Waals surface area contributed by atoms with Crippen LogP contribution in [0.5, 0.6) is 5.75 Å². The lowest BCUT2D eigenvalue weighted by molar-refractivity contribution is -0.147. The van der Waals surface area contributed by atoms with Gasteiger partial charge in [0.05, 0.1) is 17.5 Å². The van der Waals surface area contributed by atoms with E-state index in [0.717, 1.165) is 34.3 Å². The normalized spacial score (nSPS) is 15.5. The summed E-state index contributed by atoms with van der Waals surface area (Å²) in [5.74, 6) is 0.942. The standard InChI is InChI=1S/C31H39ClN2O4S/c1-19-26(14-21-6-5-7-21)27-15-25(38-17-24(18-39)33-20(2)35)12-13-28(27)34(19)29(16-31(3,4)30(36)37)22-8-10-23(32)11-9-22/h8-13,15,21,24,29,39H,5-7,14,16-18H2,1-4H3,(H,33,35)(H,36,37). The van der Waals surface area contributed by atoms with E-state index in [9.17, 15) is 14.7 Å². The van der Waals surface area contributed by atoms with E-state index in [1.165, 1.54) is 31.7 Å². The number of hydrogen-bond donors (Lipinski definition) is 3. The lowest BCUT2D eigenvalue weighted by Crippen LogP contribution is -2.39. The van der Waals surface area contributed by atoms with E-state index < -0.39 is 11.4 Å². The molecule has 0 bridgehead atoms. The molecule has 1 fully saturated rings. The zero-order chi connectivity index (χ0) is 28.3. The Bertz CT molecular complexity index is 1330. The number of carbonyl (C=O) groups is 2. The van der Waals surface area contributed by atoms with Crippen molar-refractivity contribution in [3.8, 4) is 5.75 Å². The number of thiol groups is 1. The molecular weight excluding hydrogens is 532 g/mol. The van der Waals surface area contributed by atoms with E-state index >= 15 is 0 Å². The summed E-state index contributed by atoms with van der Waals surface area (Å²) in [5, 5.41) is 14.7. The van der Waals surface area contributed by atoms with Crippen molar-refractivity contribution in [3.63, 3.8) is 0 Å². The van der Waals surface area contributed by atoms with Crippen LogP contribution in [0, 0.1) is 18.3 Å². The summed E-state index contributed by atoms with van der Waals surface area (Å²) >= 11 is 10.6. The van der Waals surface area contributed by atoms with Gasteiger partial charge < -0.3 is 19.7 Å². The molecule has 6 nitrogen and oxygen atoms in total. The minimum atomic E-state index is -0.934. The van der Waals surface area contributed by atoms with Crippen molar-refractivity contribution >= 4 is 47.0 Å². The Morgan fingerprint density at radius 1 is 1.21 bits per heavy atom. The van der Waals surface area contributed by atoms with E-state index in [2.05, 4.69) is 41.6 Å². The molecule has 3 aromatic rings. The van der Waals surface area contributed by atoms with E-state index in [1.54, 1.807) is 13.8 Å². The first kappa shape index (κ1) is 29.3. The van der Waals surface area contributed by atoms with Gasteiger partial charge in [-0.15, -0.1) is 0 Å². The number of fused-ring (bicyclic) bond motifs is 1. The Kier molecular flexibility index (Phi) is 9.22. The topological polar surface area (TPSA) is 80.6 Å². The first-order chi connectivity index (χ1) is 18.5. The van der Waals surface area contributed by atoms with Crippen molar-refractivity contribution in [2.45, 2.75) is 71.9 Å². The number of carbonyl (C=O) groups excluding carboxylic acids is 1. The van der Waals surface area contributed by atoms with Crippen LogP contribution in [0.4, 0.5) is 0 Å². The first-order valence-electron chi connectivity index (χ1n) is 13.6. The van der Waals surface area contributed by atoms with E-state index in [4.69, 9.17) is 16.3 Å². The number of aliphatic carboxylic acids is 1. The number of benzene rings is 2. The van der Waals surface area contributed by atoms with Gasteiger partial charge in [-0.1, -0.05) is 43.0 Å². The molecule has 0 saturated heterocycles. The fraction of sp³-hybridized carbons (Fsp3) is 0.484. The molecule has 1 aromatic heterocycles. The molecule has 8 heteroatoms. The lowest BCUT2D eigenvalue weighted by Gasteiger charge is -2.30. The van der Waals surface area contributed by atoms with Crippen molar-refractivity contribution in [2.75, 3.05) is 12.4 Å². The van der Waals surface area contributed by atoms with E-state index in [1.807, 2.05) is 30.3 Å². The molecule has 1 aliphatic rings. The van der Waals surface area contributed by atoms with Crippen LogP contribution in [0.3, 0.4) is 0 Å². The average Bonchev–Trinajstić information content (AvgIpc) is 3.12. The van der Waals surface area contributed by atoms with E-state index in [0.29, 0.717) is 29.7 Å². The second-order valence-corrected chi connectivity index (χ2v) is 12.3. The molecule has 0 spiro atoms. The Hall–Kier alpha value is -2.64. The highest BCUT2D eigenvalue weighted by atomic mass is 35.5. The van der Waals surface area contributed by atoms with Gasteiger partial charge in [0.2, 0.25) is 5.91 Å². The smallest absolute Gasteiger partial charge is 0.309 e. The first-order valence-corrected chi connectivity index (χ1v) is 14.6. The van der Waals surface area contributed by atoms with Crippen molar-refractivity contribution in [1.29, 1.82) is 0 Å². The largest absolute Gasteiger partial charge is 0.491 e. The summed E-state index contributed by atoms with van der Waals surface area (Å²) in [7, 11) is 0.